The molecule has 4 heteroatoms. The van der Waals surface area contributed by atoms with Crippen LogP contribution in [0.5, 0.6) is 17.2 Å². The topological polar surface area (TPSA) is 53.7 Å². The van der Waals surface area contributed by atoms with Gasteiger partial charge in [0.1, 0.15) is 19.0 Å². The van der Waals surface area contributed by atoms with E-state index in [1.807, 2.05) is 37.3 Å². The van der Waals surface area contributed by atoms with E-state index in [4.69, 9.17) is 19.9 Å². The molecule has 0 aliphatic heterocycles. The molecule has 23 heavy (non-hydrogen) atoms. The van der Waals surface area contributed by atoms with Crippen molar-refractivity contribution in [2.45, 2.75) is 26.8 Å². The Kier molecular flexibility index (Phi) is 6.76. The van der Waals surface area contributed by atoms with Crippen LogP contribution >= 0.6 is 0 Å². The Bertz CT molecular complexity index is 596. The van der Waals surface area contributed by atoms with Crippen LogP contribution in [0.4, 0.5) is 0 Å². The summed E-state index contributed by atoms with van der Waals surface area (Å²) in [4.78, 5) is 0. The molecule has 124 valence electrons. The van der Waals surface area contributed by atoms with Gasteiger partial charge in [0.05, 0.1) is 6.61 Å². The summed E-state index contributed by atoms with van der Waals surface area (Å²) in [7, 11) is 0. The van der Waals surface area contributed by atoms with Gasteiger partial charge in [-0.3, -0.25) is 0 Å². The van der Waals surface area contributed by atoms with Gasteiger partial charge in [-0.15, -0.1) is 0 Å². The normalized spacial score (nSPS) is 10.4. The first kappa shape index (κ1) is 17.2. The molecule has 0 saturated carbocycles. The maximum atomic E-state index is 5.77. The molecule has 0 unspecified atom stereocenters. The summed E-state index contributed by atoms with van der Waals surface area (Å²) in [6.07, 6.45) is 1.03. The van der Waals surface area contributed by atoms with Crippen LogP contribution in [0.1, 0.15) is 25.0 Å². The van der Waals surface area contributed by atoms with Crippen molar-refractivity contribution in [1.29, 1.82) is 0 Å². The summed E-state index contributed by atoms with van der Waals surface area (Å²) in [5, 5.41) is 0. The number of hydrogen-bond acceptors (Lipinski definition) is 4. The number of rotatable bonds is 9. The van der Waals surface area contributed by atoms with Crippen molar-refractivity contribution >= 4 is 0 Å². The summed E-state index contributed by atoms with van der Waals surface area (Å²) >= 11 is 0. The summed E-state index contributed by atoms with van der Waals surface area (Å²) in [5.74, 6) is 2.30. The van der Waals surface area contributed by atoms with Gasteiger partial charge in [0.25, 0.3) is 0 Å². The Morgan fingerprint density at radius 1 is 0.783 bits per heavy atom. The fourth-order valence-corrected chi connectivity index (χ4v) is 2.20. The smallest absolute Gasteiger partial charge is 0.161 e. The third kappa shape index (κ3) is 5.18. The molecule has 0 aliphatic carbocycles. The Labute approximate surface area is 138 Å². The number of benzene rings is 2. The molecule has 0 amide bonds. The van der Waals surface area contributed by atoms with Crippen molar-refractivity contribution in [1.82, 2.24) is 0 Å². The van der Waals surface area contributed by atoms with Crippen molar-refractivity contribution < 1.29 is 14.2 Å². The minimum atomic E-state index is 0.456. The molecular weight excluding hydrogens is 290 g/mol. The highest BCUT2D eigenvalue weighted by Crippen LogP contribution is 2.28. The number of aryl methyl sites for hydroxylation is 1. The van der Waals surface area contributed by atoms with Gasteiger partial charge in [-0.05, 0) is 48.7 Å². The quantitative estimate of drug-likeness (QED) is 0.719. The van der Waals surface area contributed by atoms with Crippen molar-refractivity contribution in [2.75, 3.05) is 19.8 Å². The van der Waals surface area contributed by atoms with Crippen LogP contribution in [0.25, 0.3) is 0 Å². The molecule has 0 bridgehead atoms. The second-order valence-electron chi connectivity index (χ2n) is 5.11. The SMILES string of the molecule is CCOc1cc(CN)ccc1OCCOc1ccc(CC)cc1. The molecule has 0 heterocycles. The van der Waals surface area contributed by atoms with E-state index in [0.29, 0.717) is 32.1 Å². The highest BCUT2D eigenvalue weighted by Gasteiger charge is 2.06. The molecule has 4 nitrogen and oxygen atoms in total. The van der Waals surface area contributed by atoms with Gasteiger partial charge in [-0.1, -0.05) is 25.1 Å². The summed E-state index contributed by atoms with van der Waals surface area (Å²) < 4.78 is 17.1. The minimum absolute atomic E-state index is 0.456. The van der Waals surface area contributed by atoms with Crippen LogP contribution in [0.15, 0.2) is 42.5 Å². The number of nitrogens with two attached hydrogens (primary N) is 1. The van der Waals surface area contributed by atoms with Crippen LogP contribution in [0.2, 0.25) is 0 Å². The van der Waals surface area contributed by atoms with Gasteiger partial charge in [0.15, 0.2) is 11.5 Å². The van der Waals surface area contributed by atoms with Crippen LogP contribution in [0.3, 0.4) is 0 Å². The fraction of sp³-hybridized carbons (Fsp3) is 0.368. The highest BCUT2D eigenvalue weighted by atomic mass is 16.5. The maximum Gasteiger partial charge on any atom is 0.161 e. The van der Waals surface area contributed by atoms with Crippen LogP contribution < -0.4 is 19.9 Å². The molecule has 0 aliphatic rings. The predicted molar refractivity (Wildman–Crippen MR) is 92.3 cm³/mol. The van der Waals surface area contributed by atoms with Gasteiger partial charge in [-0.25, -0.2) is 0 Å². The Balaban J connectivity index is 1.85. The van der Waals surface area contributed by atoms with E-state index in [0.717, 1.165) is 23.5 Å². The monoisotopic (exact) mass is 315 g/mol. The molecule has 2 rings (SSSR count). The van der Waals surface area contributed by atoms with Crippen molar-refractivity contribution in [3.63, 3.8) is 0 Å². The average molecular weight is 315 g/mol. The maximum absolute atomic E-state index is 5.77. The average Bonchev–Trinajstić information content (AvgIpc) is 2.60. The van der Waals surface area contributed by atoms with Crippen LogP contribution in [0, 0.1) is 0 Å². The zero-order chi connectivity index (χ0) is 16.5. The molecule has 0 saturated heterocycles. The number of ether oxygens (including phenoxy) is 3. The van der Waals surface area contributed by atoms with Crippen LogP contribution in [-0.4, -0.2) is 19.8 Å². The first-order chi connectivity index (χ1) is 11.3. The summed E-state index contributed by atoms with van der Waals surface area (Å²) in [6.45, 7) is 6.09. The first-order valence-electron chi connectivity index (χ1n) is 8.07. The third-order valence-electron chi connectivity index (χ3n) is 3.48. The molecule has 0 spiro atoms. The Morgan fingerprint density at radius 3 is 2.13 bits per heavy atom. The van der Waals surface area contributed by atoms with Crippen LogP contribution in [-0.2, 0) is 13.0 Å². The molecule has 0 fully saturated rings. The lowest BCUT2D eigenvalue weighted by Gasteiger charge is -2.13. The van der Waals surface area contributed by atoms with Gasteiger partial charge in [-0.2, -0.15) is 0 Å². The zero-order valence-electron chi connectivity index (χ0n) is 13.9. The molecular formula is C19H25NO3. The highest BCUT2D eigenvalue weighted by molar-refractivity contribution is 5.43. The largest absolute Gasteiger partial charge is 0.490 e. The molecule has 2 aromatic rings. The second kappa shape index (κ2) is 9.06. The minimum Gasteiger partial charge on any atom is -0.490 e. The van der Waals surface area contributed by atoms with Gasteiger partial charge in [0.2, 0.25) is 0 Å². The lowest BCUT2D eigenvalue weighted by molar-refractivity contribution is 0.208. The zero-order valence-corrected chi connectivity index (χ0v) is 13.9. The molecule has 0 aromatic heterocycles. The Morgan fingerprint density at radius 2 is 1.48 bits per heavy atom. The molecule has 0 atom stereocenters. The molecule has 0 radical (unpaired) electrons. The number of hydrogen-bond donors (Lipinski definition) is 1. The van der Waals surface area contributed by atoms with Crippen molar-refractivity contribution in [3.05, 3.63) is 53.6 Å². The summed E-state index contributed by atoms with van der Waals surface area (Å²) in [6, 6.07) is 13.9. The standard InChI is InChI=1S/C19H25NO3/c1-3-15-5-8-17(9-6-15)22-11-12-23-18-10-7-16(14-20)13-19(18)21-4-2/h5-10,13H,3-4,11-12,14,20H2,1-2H3. The fourth-order valence-electron chi connectivity index (χ4n) is 2.20. The van der Waals surface area contributed by atoms with E-state index in [1.54, 1.807) is 0 Å². The van der Waals surface area contributed by atoms with E-state index in [2.05, 4.69) is 19.1 Å². The van der Waals surface area contributed by atoms with Crippen molar-refractivity contribution in [2.24, 2.45) is 5.73 Å². The first-order valence-corrected chi connectivity index (χ1v) is 8.07. The predicted octanol–water partition coefficient (Wildman–Crippen LogP) is 3.56. The van der Waals surface area contributed by atoms with Gasteiger partial charge < -0.3 is 19.9 Å². The van der Waals surface area contributed by atoms with E-state index >= 15 is 0 Å². The summed E-state index contributed by atoms with van der Waals surface area (Å²) in [5.41, 5.74) is 7.98. The second-order valence-corrected chi connectivity index (χ2v) is 5.11. The third-order valence-corrected chi connectivity index (χ3v) is 3.48. The van der Waals surface area contributed by atoms with E-state index in [9.17, 15) is 0 Å². The molecule has 2 aromatic carbocycles. The molecule has 2 N–H and O–H groups in total. The van der Waals surface area contributed by atoms with Crippen molar-refractivity contribution in [3.8, 4) is 17.2 Å². The lowest BCUT2D eigenvalue weighted by Crippen LogP contribution is -2.10. The van der Waals surface area contributed by atoms with E-state index in [1.165, 1.54) is 5.56 Å². The van der Waals surface area contributed by atoms with Gasteiger partial charge >= 0.3 is 0 Å². The van der Waals surface area contributed by atoms with E-state index in [-0.39, 0.29) is 0 Å². The van der Waals surface area contributed by atoms with Gasteiger partial charge in [0, 0.05) is 6.54 Å². The van der Waals surface area contributed by atoms with E-state index < -0.39 is 0 Å². The lowest BCUT2D eigenvalue weighted by atomic mass is 10.2. The Hall–Kier alpha value is -2.20.